The zero-order valence-electron chi connectivity index (χ0n) is 10.6. The maximum atomic E-state index is 10.2. The monoisotopic (exact) mass is 254 g/mol. The minimum absolute atomic E-state index is 0.405. The molecule has 0 aliphatic carbocycles. The molecule has 0 saturated carbocycles. The molecule has 2 heterocycles. The number of nitrogens with zero attached hydrogens (tertiary/aromatic N) is 4. The summed E-state index contributed by atoms with van der Waals surface area (Å²) in [6, 6.07) is 11.7. The third-order valence-corrected chi connectivity index (χ3v) is 3.14. The van der Waals surface area contributed by atoms with Gasteiger partial charge in [0.15, 0.2) is 0 Å². The van der Waals surface area contributed by atoms with Gasteiger partial charge < -0.3 is 5.11 Å². The van der Waals surface area contributed by atoms with E-state index in [1.54, 1.807) is 4.68 Å². The summed E-state index contributed by atoms with van der Waals surface area (Å²) in [6.45, 7) is 0. The van der Waals surface area contributed by atoms with Gasteiger partial charge in [0.1, 0.15) is 18.3 Å². The summed E-state index contributed by atoms with van der Waals surface area (Å²) in [4.78, 5) is 8.59. The van der Waals surface area contributed by atoms with Crippen LogP contribution in [0.25, 0.3) is 10.9 Å². The number of hydrogen-bond acceptors (Lipinski definition) is 4. The summed E-state index contributed by atoms with van der Waals surface area (Å²) in [6.07, 6.45) is 1.21. The van der Waals surface area contributed by atoms with Gasteiger partial charge in [-0.1, -0.05) is 24.3 Å². The fourth-order valence-corrected chi connectivity index (χ4v) is 2.05. The molecule has 3 rings (SSSR count). The van der Waals surface area contributed by atoms with Crippen LogP contribution in [0, 0.1) is 0 Å². The molecule has 0 amide bonds. The molecule has 1 unspecified atom stereocenters. The summed E-state index contributed by atoms with van der Waals surface area (Å²) in [5.41, 5.74) is 1.54. The second kappa shape index (κ2) is 4.78. The van der Waals surface area contributed by atoms with Gasteiger partial charge in [0, 0.05) is 18.9 Å². The fraction of sp³-hybridized carbons (Fsp3) is 0.214. The smallest absolute Gasteiger partial charge is 0.138 e. The molecule has 1 atom stereocenters. The first-order valence-corrected chi connectivity index (χ1v) is 6.10. The molecule has 1 aromatic carbocycles. The van der Waals surface area contributed by atoms with Crippen LogP contribution in [0.1, 0.15) is 17.6 Å². The number of para-hydroxylation sites is 1. The minimum Gasteiger partial charge on any atom is -0.386 e. The Morgan fingerprint density at radius 3 is 2.84 bits per heavy atom. The van der Waals surface area contributed by atoms with E-state index in [4.69, 9.17) is 0 Å². The molecule has 3 aromatic rings. The molecular weight excluding hydrogens is 240 g/mol. The van der Waals surface area contributed by atoms with E-state index < -0.39 is 6.10 Å². The van der Waals surface area contributed by atoms with Crippen molar-refractivity contribution >= 4 is 10.9 Å². The Labute approximate surface area is 110 Å². The predicted molar refractivity (Wildman–Crippen MR) is 71.4 cm³/mol. The number of benzene rings is 1. The summed E-state index contributed by atoms with van der Waals surface area (Å²) in [5.74, 6) is 0.738. The zero-order chi connectivity index (χ0) is 13.2. The molecule has 96 valence electrons. The average Bonchev–Trinajstić information content (AvgIpc) is 2.84. The van der Waals surface area contributed by atoms with Crippen LogP contribution in [0.2, 0.25) is 0 Å². The van der Waals surface area contributed by atoms with E-state index in [1.165, 1.54) is 6.33 Å². The highest BCUT2D eigenvalue weighted by molar-refractivity contribution is 5.78. The molecule has 0 fully saturated rings. The van der Waals surface area contributed by atoms with Crippen LogP contribution >= 0.6 is 0 Å². The lowest BCUT2D eigenvalue weighted by molar-refractivity contribution is 0.170. The molecule has 0 bridgehead atoms. The molecule has 19 heavy (non-hydrogen) atoms. The van der Waals surface area contributed by atoms with Gasteiger partial charge >= 0.3 is 0 Å². The molecule has 0 spiro atoms. The van der Waals surface area contributed by atoms with Crippen LogP contribution in [0.5, 0.6) is 0 Å². The quantitative estimate of drug-likeness (QED) is 0.771. The Morgan fingerprint density at radius 1 is 1.21 bits per heavy atom. The van der Waals surface area contributed by atoms with Gasteiger partial charge in [0.25, 0.3) is 0 Å². The lowest BCUT2D eigenvalue weighted by atomic mass is 10.1. The van der Waals surface area contributed by atoms with E-state index in [9.17, 15) is 5.11 Å². The number of pyridine rings is 1. The van der Waals surface area contributed by atoms with Gasteiger partial charge in [0.05, 0.1) is 11.2 Å². The predicted octanol–water partition coefficient (Wildman–Crippen LogP) is 1.64. The van der Waals surface area contributed by atoms with Crippen molar-refractivity contribution in [1.29, 1.82) is 0 Å². The Kier molecular flexibility index (Phi) is 2.97. The number of aromatic nitrogens is 4. The van der Waals surface area contributed by atoms with Gasteiger partial charge in [-0.2, -0.15) is 5.10 Å². The SMILES string of the molecule is Cn1ncnc1CC(O)c1ccc2ccccc2n1. The summed E-state index contributed by atoms with van der Waals surface area (Å²) in [5, 5.41) is 15.3. The van der Waals surface area contributed by atoms with Crippen molar-refractivity contribution in [2.75, 3.05) is 0 Å². The van der Waals surface area contributed by atoms with Crippen LogP contribution in [-0.4, -0.2) is 24.9 Å². The minimum atomic E-state index is -0.674. The summed E-state index contributed by atoms with van der Waals surface area (Å²) < 4.78 is 1.66. The molecule has 5 nitrogen and oxygen atoms in total. The van der Waals surface area contributed by atoms with Crippen LogP contribution in [0.15, 0.2) is 42.7 Å². The Morgan fingerprint density at radius 2 is 2.05 bits per heavy atom. The van der Waals surface area contributed by atoms with Crippen molar-refractivity contribution in [2.45, 2.75) is 12.5 Å². The van der Waals surface area contributed by atoms with Crippen LogP contribution < -0.4 is 0 Å². The van der Waals surface area contributed by atoms with Crippen LogP contribution in [0.4, 0.5) is 0 Å². The van der Waals surface area contributed by atoms with Gasteiger partial charge in [0.2, 0.25) is 0 Å². The summed E-state index contributed by atoms with van der Waals surface area (Å²) in [7, 11) is 1.81. The number of hydrogen-bond donors (Lipinski definition) is 1. The van der Waals surface area contributed by atoms with E-state index in [0.29, 0.717) is 12.1 Å². The number of aryl methyl sites for hydroxylation is 1. The largest absolute Gasteiger partial charge is 0.386 e. The highest BCUT2D eigenvalue weighted by Gasteiger charge is 2.13. The van der Waals surface area contributed by atoms with Crippen LogP contribution in [-0.2, 0) is 13.5 Å². The number of rotatable bonds is 3. The fourth-order valence-electron chi connectivity index (χ4n) is 2.05. The first kappa shape index (κ1) is 11.8. The van der Waals surface area contributed by atoms with Crippen molar-refractivity contribution in [3.8, 4) is 0 Å². The molecule has 1 N–H and O–H groups in total. The van der Waals surface area contributed by atoms with Gasteiger partial charge in [-0.25, -0.2) is 4.98 Å². The molecule has 2 aromatic heterocycles. The highest BCUT2D eigenvalue weighted by Crippen LogP contribution is 2.19. The number of fused-ring (bicyclic) bond motifs is 1. The number of aliphatic hydroxyl groups is 1. The Hall–Kier alpha value is -2.27. The molecular formula is C14H14N4O. The Balaban J connectivity index is 1.89. The molecule has 0 aliphatic rings. The van der Waals surface area contributed by atoms with E-state index in [2.05, 4.69) is 15.1 Å². The average molecular weight is 254 g/mol. The molecule has 0 saturated heterocycles. The highest BCUT2D eigenvalue weighted by atomic mass is 16.3. The van der Waals surface area contributed by atoms with Gasteiger partial charge in [-0.3, -0.25) is 9.67 Å². The lowest BCUT2D eigenvalue weighted by Gasteiger charge is -2.10. The van der Waals surface area contributed by atoms with E-state index in [0.717, 1.165) is 16.7 Å². The number of aliphatic hydroxyl groups excluding tert-OH is 1. The molecule has 5 heteroatoms. The second-order valence-corrected chi connectivity index (χ2v) is 4.45. The van der Waals surface area contributed by atoms with Crippen molar-refractivity contribution in [3.63, 3.8) is 0 Å². The van der Waals surface area contributed by atoms with Crippen molar-refractivity contribution in [1.82, 2.24) is 19.7 Å². The van der Waals surface area contributed by atoms with Gasteiger partial charge in [-0.05, 0) is 12.1 Å². The van der Waals surface area contributed by atoms with Crippen molar-refractivity contribution in [2.24, 2.45) is 7.05 Å². The standard InChI is InChI=1S/C14H14N4O/c1-18-14(15-9-16-18)8-13(19)12-7-6-10-4-2-3-5-11(10)17-12/h2-7,9,13,19H,8H2,1H3. The topological polar surface area (TPSA) is 63.8 Å². The third-order valence-electron chi connectivity index (χ3n) is 3.14. The van der Waals surface area contributed by atoms with Gasteiger partial charge in [-0.15, -0.1) is 0 Å². The molecule has 0 radical (unpaired) electrons. The molecule has 0 aliphatic heterocycles. The van der Waals surface area contributed by atoms with E-state index in [-0.39, 0.29) is 0 Å². The maximum absolute atomic E-state index is 10.2. The normalized spacial score (nSPS) is 12.7. The third kappa shape index (κ3) is 2.32. The maximum Gasteiger partial charge on any atom is 0.138 e. The first-order valence-electron chi connectivity index (χ1n) is 6.10. The van der Waals surface area contributed by atoms with Crippen LogP contribution in [0.3, 0.4) is 0 Å². The lowest BCUT2D eigenvalue weighted by Crippen LogP contribution is -2.09. The van der Waals surface area contributed by atoms with Crippen molar-refractivity contribution in [3.05, 3.63) is 54.2 Å². The van der Waals surface area contributed by atoms with E-state index in [1.807, 2.05) is 43.4 Å². The van der Waals surface area contributed by atoms with E-state index >= 15 is 0 Å². The summed E-state index contributed by atoms with van der Waals surface area (Å²) >= 11 is 0. The Bertz CT molecular complexity index is 707. The second-order valence-electron chi connectivity index (χ2n) is 4.45. The zero-order valence-corrected chi connectivity index (χ0v) is 10.6. The van der Waals surface area contributed by atoms with Crippen molar-refractivity contribution < 1.29 is 5.11 Å². The first-order chi connectivity index (χ1) is 9.24.